The van der Waals surface area contributed by atoms with Crippen LogP contribution in [-0.2, 0) is 9.59 Å². The summed E-state index contributed by atoms with van der Waals surface area (Å²) < 4.78 is 0.853. The molecule has 2 N–H and O–H groups in total. The van der Waals surface area contributed by atoms with Crippen LogP contribution in [0.1, 0.15) is 6.42 Å². The van der Waals surface area contributed by atoms with Gasteiger partial charge in [-0.3, -0.25) is 9.59 Å². The van der Waals surface area contributed by atoms with E-state index in [1.165, 1.54) is 0 Å². The number of carbonyl (C=O) groups excluding carboxylic acids is 2. The normalized spacial score (nSPS) is 10.0. The van der Waals surface area contributed by atoms with Gasteiger partial charge >= 0.3 is 0 Å². The maximum absolute atomic E-state index is 11.8. The van der Waals surface area contributed by atoms with E-state index in [2.05, 4.69) is 26.6 Å². The van der Waals surface area contributed by atoms with Gasteiger partial charge in [-0.15, -0.1) is 0 Å². The van der Waals surface area contributed by atoms with Gasteiger partial charge in [0.05, 0.1) is 0 Å². The minimum Gasteiger partial charge on any atom is -0.326 e. The first-order valence-electron chi connectivity index (χ1n) is 6.14. The molecule has 0 heterocycles. The van der Waals surface area contributed by atoms with Crippen molar-refractivity contribution in [3.05, 3.63) is 58.0 Å². The van der Waals surface area contributed by atoms with Gasteiger partial charge in [-0.25, -0.2) is 0 Å². The average Bonchev–Trinajstić information content (AvgIpc) is 2.41. The summed E-state index contributed by atoms with van der Waals surface area (Å²) >= 11 is 9.07. The topological polar surface area (TPSA) is 58.2 Å². The number of amides is 2. The molecule has 0 unspecified atom stereocenters. The van der Waals surface area contributed by atoms with E-state index >= 15 is 0 Å². The molecule has 6 heteroatoms. The number of hydrogen-bond acceptors (Lipinski definition) is 2. The maximum Gasteiger partial charge on any atom is 0.233 e. The lowest BCUT2D eigenvalue weighted by Gasteiger charge is -2.07. The zero-order valence-corrected chi connectivity index (χ0v) is 13.2. The highest BCUT2D eigenvalue weighted by Crippen LogP contribution is 2.16. The van der Waals surface area contributed by atoms with E-state index in [9.17, 15) is 9.59 Å². The fourth-order valence-electron chi connectivity index (χ4n) is 1.66. The van der Waals surface area contributed by atoms with Crippen molar-refractivity contribution < 1.29 is 9.59 Å². The number of nitrogens with one attached hydrogen (secondary N) is 2. The van der Waals surface area contributed by atoms with Crippen LogP contribution >= 0.6 is 27.5 Å². The van der Waals surface area contributed by atoms with E-state index in [0.717, 1.165) is 4.47 Å². The summed E-state index contributed by atoms with van der Waals surface area (Å²) in [6, 6.07) is 13.8. The largest absolute Gasteiger partial charge is 0.326 e. The van der Waals surface area contributed by atoms with E-state index in [1.54, 1.807) is 42.5 Å². The number of benzene rings is 2. The predicted octanol–water partition coefficient (Wildman–Crippen LogP) is 4.07. The van der Waals surface area contributed by atoms with Gasteiger partial charge in [-0.05, 0) is 42.5 Å². The van der Waals surface area contributed by atoms with Crippen LogP contribution in [0.3, 0.4) is 0 Å². The van der Waals surface area contributed by atoms with E-state index < -0.39 is 0 Å². The molecule has 2 aromatic carbocycles. The van der Waals surface area contributed by atoms with Gasteiger partial charge in [0.25, 0.3) is 0 Å². The van der Waals surface area contributed by atoms with Gasteiger partial charge in [-0.1, -0.05) is 33.6 Å². The molecule has 4 nitrogen and oxygen atoms in total. The Hall–Kier alpha value is -1.85. The average molecular weight is 368 g/mol. The number of rotatable bonds is 4. The minimum absolute atomic E-state index is 0.255. The van der Waals surface area contributed by atoms with E-state index in [4.69, 9.17) is 11.6 Å². The Kier molecular flexibility index (Phi) is 5.36. The van der Waals surface area contributed by atoms with Crippen LogP contribution in [0, 0.1) is 0 Å². The monoisotopic (exact) mass is 366 g/mol. The van der Waals surface area contributed by atoms with Gasteiger partial charge in [0.1, 0.15) is 6.42 Å². The lowest BCUT2D eigenvalue weighted by molar-refractivity contribution is -0.123. The lowest BCUT2D eigenvalue weighted by Crippen LogP contribution is -2.21. The summed E-state index contributed by atoms with van der Waals surface area (Å²) in [5.41, 5.74) is 1.23. The van der Waals surface area contributed by atoms with Crippen LogP contribution in [0.4, 0.5) is 11.4 Å². The third kappa shape index (κ3) is 5.21. The zero-order valence-electron chi connectivity index (χ0n) is 10.9. The summed E-state index contributed by atoms with van der Waals surface area (Å²) in [6.45, 7) is 0. The summed E-state index contributed by atoms with van der Waals surface area (Å²) in [5, 5.41) is 5.87. The molecule has 0 saturated heterocycles. The Morgan fingerprint density at radius 2 is 1.57 bits per heavy atom. The molecule has 0 atom stereocenters. The molecular formula is C15H12BrClN2O2. The Balaban J connectivity index is 1.87. The second kappa shape index (κ2) is 7.24. The van der Waals surface area contributed by atoms with Crippen LogP contribution in [-0.4, -0.2) is 11.8 Å². The van der Waals surface area contributed by atoms with Crippen molar-refractivity contribution in [1.29, 1.82) is 0 Å². The fraction of sp³-hybridized carbons (Fsp3) is 0.0667. The van der Waals surface area contributed by atoms with E-state index in [1.807, 2.05) is 6.07 Å². The van der Waals surface area contributed by atoms with Crippen molar-refractivity contribution in [3.8, 4) is 0 Å². The van der Waals surface area contributed by atoms with Crippen molar-refractivity contribution >= 4 is 50.7 Å². The molecule has 0 bridgehead atoms. The quantitative estimate of drug-likeness (QED) is 0.800. The Labute approximate surface area is 135 Å². The highest BCUT2D eigenvalue weighted by Gasteiger charge is 2.10. The fourth-order valence-corrected chi connectivity index (χ4v) is 2.18. The second-order valence-corrected chi connectivity index (χ2v) is 5.64. The number of hydrogen-bond donors (Lipinski definition) is 2. The maximum atomic E-state index is 11.8. The van der Waals surface area contributed by atoms with E-state index in [0.29, 0.717) is 16.4 Å². The van der Waals surface area contributed by atoms with Crippen molar-refractivity contribution in [2.45, 2.75) is 6.42 Å². The molecule has 108 valence electrons. The lowest BCUT2D eigenvalue weighted by atomic mass is 10.3. The molecular weight excluding hydrogens is 356 g/mol. The third-order valence-corrected chi connectivity index (χ3v) is 3.30. The van der Waals surface area contributed by atoms with Crippen molar-refractivity contribution in [3.63, 3.8) is 0 Å². The Morgan fingerprint density at radius 1 is 0.952 bits per heavy atom. The molecule has 0 spiro atoms. The molecule has 0 aliphatic rings. The van der Waals surface area contributed by atoms with Crippen molar-refractivity contribution in [2.24, 2.45) is 0 Å². The number of anilines is 2. The standard InChI is InChI=1S/C15H12BrClN2O2/c16-10-2-1-3-13(8-10)19-15(21)9-14(20)18-12-6-4-11(17)5-7-12/h1-8H,9H2,(H,18,20)(H,19,21). The molecule has 21 heavy (non-hydrogen) atoms. The minimum atomic E-state index is -0.384. The molecule has 0 radical (unpaired) electrons. The number of carbonyl (C=O) groups is 2. The molecule has 0 fully saturated rings. The van der Waals surface area contributed by atoms with Crippen LogP contribution in [0.15, 0.2) is 53.0 Å². The van der Waals surface area contributed by atoms with Crippen LogP contribution < -0.4 is 10.6 Å². The number of halogens is 2. The molecule has 0 aromatic heterocycles. The smallest absolute Gasteiger partial charge is 0.233 e. The van der Waals surface area contributed by atoms with Crippen LogP contribution in [0.2, 0.25) is 5.02 Å². The summed E-state index contributed by atoms with van der Waals surface area (Å²) in [5.74, 6) is -0.760. The molecule has 2 rings (SSSR count). The third-order valence-electron chi connectivity index (χ3n) is 2.56. The summed E-state index contributed by atoms with van der Waals surface area (Å²) in [4.78, 5) is 23.5. The zero-order chi connectivity index (χ0) is 15.2. The Morgan fingerprint density at radius 3 is 2.19 bits per heavy atom. The second-order valence-electron chi connectivity index (χ2n) is 4.29. The van der Waals surface area contributed by atoms with E-state index in [-0.39, 0.29) is 18.2 Å². The Bertz CT molecular complexity index is 659. The first-order chi connectivity index (χ1) is 10.0. The van der Waals surface area contributed by atoms with Crippen LogP contribution in [0.5, 0.6) is 0 Å². The van der Waals surface area contributed by atoms with Crippen LogP contribution in [0.25, 0.3) is 0 Å². The highest BCUT2D eigenvalue weighted by atomic mass is 79.9. The summed E-state index contributed by atoms with van der Waals surface area (Å²) in [6.07, 6.45) is -0.255. The molecule has 2 amide bonds. The first kappa shape index (κ1) is 15.5. The van der Waals surface area contributed by atoms with Crippen molar-refractivity contribution in [2.75, 3.05) is 10.6 Å². The molecule has 0 saturated carbocycles. The van der Waals surface area contributed by atoms with Gasteiger partial charge in [0.2, 0.25) is 11.8 Å². The molecule has 0 aliphatic heterocycles. The summed E-state index contributed by atoms with van der Waals surface area (Å²) in [7, 11) is 0. The van der Waals surface area contributed by atoms with Gasteiger partial charge in [0.15, 0.2) is 0 Å². The first-order valence-corrected chi connectivity index (χ1v) is 7.31. The molecule has 0 aliphatic carbocycles. The molecule has 2 aromatic rings. The van der Waals surface area contributed by atoms with Gasteiger partial charge < -0.3 is 10.6 Å². The van der Waals surface area contributed by atoms with Gasteiger partial charge in [-0.2, -0.15) is 0 Å². The highest BCUT2D eigenvalue weighted by molar-refractivity contribution is 9.10. The van der Waals surface area contributed by atoms with Gasteiger partial charge in [0, 0.05) is 20.9 Å². The van der Waals surface area contributed by atoms with Crippen molar-refractivity contribution in [1.82, 2.24) is 0 Å². The predicted molar refractivity (Wildman–Crippen MR) is 87.5 cm³/mol. The SMILES string of the molecule is O=C(CC(=O)Nc1cccc(Br)c1)Nc1ccc(Cl)cc1.